The highest BCUT2D eigenvalue weighted by Crippen LogP contribution is 2.32. The number of rotatable bonds is 8. The molecule has 5 nitrogen and oxygen atoms in total. The molecule has 0 saturated heterocycles. The lowest BCUT2D eigenvalue weighted by Gasteiger charge is -2.31. The van der Waals surface area contributed by atoms with Crippen LogP contribution in [0.3, 0.4) is 0 Å². The standard InChI is InChI=1S/C24H31N3O2/c1-5-23(28)27(17(2)18-9-7-6-8-10-18)16-20-15-21(13-14-22(20)26(3)4)25-24(29)19-11-12-19/h6-10,13-15,17,19H,5,11-12,16H2,1-4H3,(H,25,29)/t17-/m0/s1. The summed E-state index contributed by atoms with van der Waals surface area (Å²) in [6.07, 6.45) is 2.40. The van der Waals surface area contributed by atoms with Gasteiger partial charge in [0, 0.05) is 44.4 Å². The Bertz CT molecular complexity index is 860. The zero-order chi connectivity index (χ0) is 21.0. The average Bonchev–Trinajstić information content (AvgIpc) is 3.57. The van der Waals surface area contributed by atoms with E-state index in [1.807, 2.05) is 67.2 Å². The lowest BCUT2D eigenvalue weighted by atomic mass is 10.0. The zero-order valence-electron chi connectivity index (χ0n) is 17.8. The maximum atomic E-state index is 12.8. The lowest BCUT2D eigenvalue weighted by Crippen LogP contribution is -2.33. The number of carbonyl (C=O) groups excluding carboxylic acids is 2. The van der Waals surface area contributed by atoms with Gasteiger partial charge < -0.3 is 15.1 Å². The third kappa shape index (κ3) is 5.17. The smallest absolute Gasteiger partial charge is 0.227 e. The second-order valence-corrected chi connectivity index (χ2v) is 7.96. The minimum atomic E-state index is -0.0385. The molecule has 0 aromatic heterocycles. The Morgan fingerprint density at radius 1 is 1.10 bits per heavy atom. The topological polar surface area (TPSA) is 52.7 Å². The SMILES string of the molecule is CCC(=O)N(Cc1cc(NC(=O)C2CC2)ccc1N(C)C)[C@@H](C)c1ccccc1. The Balaban J connectivity index is 1.90. The minimum Gasteiger partial charge on any atom is -0.377 e. The lowest BCUT2D eigenvalue weighted by molar-refractivity contribution is -0.133. The molecule has 0 aliphatic heterocycles. The van der Waals surface area contributed by atoms with Crippen molar-refractivity contribution < 1.29 is 9.59 Å². The Morgan fingerprint density at radius 2 is 1.79 bits per heavy atom. The van der Waals surface area contributed by atoms with Gasteiger partial charge in [-0.3, -0.25) is 9.59 Å². The summed E-state index contributed by atoms with van der Waals surface area (Å²) < 4.78 is 0. The maximum absolute atomic E-state index is 12.8. The third-order valence-corrected chi connectivity index (χ3v) is 5.49. The normalized spacial score (nSPS) is 14.2. The summed E-state index contributed by atoms with van der Waals surface area (Å²) in [6, 6.07) is 16.0. The Morgan fingerprint density at radius 3 is 2.38 bits per heavy atom. The van der Waals surface area contributed by atoms with Crippen LogP contribution in [-0.2, 0) is 16.1 Å². The number of hydrogen-bond acceptors (Lipinski definition) is 3. The van der Waals surface area contributed by atoms with Gasteiger partial charge in [-0.2, -0.15) is 0 Å². The van der Waals surface area contributed by atoms with Crippen LogP contribution in [0.15, 0.2) is 48.5 Å². The molecule has 154 valence electrons. The van der Waals surface area contributed by atoms with Crippen molar-refractivity contribution in [2.24, 2.45) is 5.92 Å². The number of benzene rings is 2. The van der Waals surface area contributed by atoms with Crippen molar-refractivity contribution in [3.63, 3.8) is 0 Å². The number of carbonyl (C=O) groups is 2. The van der Waals surface area contributed by atoms with E-state index >= 15 is 0 Å². The van der Waals surface area contributed by atoms with Crippen LogP contribution in [0.1, 0.15) is 50.3 Å². The van der Waals surface area contributed by atoms with Crippen LogP contribution in [0.2, 0.25) is 0 Å². The molecule has 2 aromatic carbocycles. The second-order valence-electron chi connectivity index (χ2n) is 7.96. The summed E-state index contributed by atoms with van der Waals surface area (Å²) in [5, 5.41) is 3.03. The number of nitrogens with zero attached hydrogens (tertiary/aromatic N) is 2. The van der Waals surface area contributed by atoms with Gasteiger partial charge in [0.1, 0.15) is 0 Å². The monoisotopic (exact) mass is 393 g/mol. The molecule has 1 atom stereocenters. The van der Waals surface area contributed by atoms with E-state index in [4.69, 9.17) is 0 Å². The molecule has 1 aliphatic rings. The number of anilines is 2. The molecule has 1 fully saturated rings. The first-order chi connectivity index (χ1) is 13.9. The van der Waals surface area contributed by atoms with Crippen molar-refractivity contribution >= 4 is 23.2 Å². The largest absolute Gasteiger partial charge is 0.377 e. The van der Waals surface area contributed by atoms with Gasteiger partial charge in [-0.25, -0.2) is 0 Å². The van der Waals surface area contributed by atoms with Gasteiger partial charge in [-0.1, -0.05) is 37.3 Å². The molecule has 29 heavy (non-hydrogen) atoms. The van der Waals surface area contributed by atoms with Crippen LogP contribution < -0.4 is 10.2 Å². The fourth-order valence-electron chi connectivity index (χ4n) is 3.56. The highest BCUT2D eigenvalue weighted by molar-refractivity contribution is 5.94. The van der Waals surface area contributed by atoms with Crippen molar-refractivity contribution in [2.75, 3.05) is 24.3 Å². The van der Waals surface area contributed by atoms with Gasteiger partial charge in [-0.15, -0.1) is 0 Å². The second kappa shape index (κ2) is 9.12. The van der Waals surface area contributed by atoms with E-state index in [9.17, 15) is 9.59 Å². The molecule has 0 heterocycles. The van der Waals surface area contributed by atoms with Crippen LogP contribution >= 0.6 is 0 Å². The predicted octanol–water partition coefficient (Wildman–Crippen LogP) is 4.60. The van der Waals surface area contributed by atoms with E-state index in [-0.39, 0.29) is 23.8 Å². The van der Waals surface area contributed by atoms with E-state index in [0.717, 1.165) is 35.3 Å². The molecule has 0 bridgehead atoms. The number of amides is 2. The van der Waals surface area contributed by atoms with E-state index in [2.05, 4.69) is 24.4 Å². The van der Waals surface area contributed by atoms with Gasteiger partial charge in [0.15, 0.2) is 0 Å². The van der Waals surface area contributed by atoms with Crippen LogP contribution in [0.4, 0.5) is 11.4 Å². The van der Waals surface area contributed by atoms with Gasteiger partial charge in [-0.05, 0) is 49.1 Å². The van der Waals surface area contributed by atoms with Crippen molar-refractivity contribution in [3.8, 4) is 0 Å². The molecule has 5 heteroatoms. The van der Waals surface area contributed by atoms with Gasteiger partial charge in [0.25, 0.3) is 0 Å². The Labute approximate surface area is 173 Å². The molecule has 2 aromatic rings. The summed E-state index contributed by atoms with van der Waals surface area (Å²) >= 11 is 0. The van der Waals surface area contributed by atoms with Crippen molar-refractivity contribution in [2.45, 2.75) is 45.7 Å². The number of nitrogens with one attached hydrogen (secondary N) is 1. The van der Waals surface area contributed by atoms with Gasteiger partial charge in [0.2, 0.25) is 11.8 Å². The van der Waals surface area contributed by atoms with Gasteiger partial charge >= 0.3 is 0 Å². The summed E-state index contributed by atoms with van der Waals surface area (Å²) in [7, 11) is 3.99. The van der Waals surface area contributed by atoms with E-state index in [0.29, 0.717) is 13.0 Å². The van der Waals surface area contributed by atoms with E-state index in [1.165, 1.54) is 0 Å². The molecule has 3 rings (SSSR count). The average molecular weight is 394 g/mol. The fourth-order valence-corrected chi connectivity index (χ4v) is 3.56. The molecular weight excluding hydrogens is 362 g/mol. The highest BCUT2D eigenvalue weighted by atomic mass is 16.2. The van der Waals surface area contributed by atoms with Gasteiger partial charge in [0.05, 0.1) is 6.04 Å². The molecule has 1 aliphatic carbocycles. The van der Waals surface area contributed by atoms with Crippen molar-refractivity contribution in [1.29, 1.82) is 0 Å². The fraction of sp³-hybridized carbons (Fsp3) is 0.417. The first-order valence-corrected chi connectivity index (χ1v) is 10.4. The summed E-state index contributed by atoms with van der Waals surface area (Å²) in [6.45, 7) is 4.45. The Hall–Kier alpha value is -2.82. The first kappa shape index (κ1) is 20.9. The first-order valence-electron chi connectivity index (χ1n) is 10.4. The summed E-state index contributed by atoms with van der Waals surface area (Å²) in [5.41, 5.74) is 3.97. The van der Waals surface area contributed by atoms with Crippen molar-refractivity contribution in [1.82, 2.24) is 4.90 Å². The minimum absolute atomic E-state index is 0.0385. The zero-order valence-corrected chi connectivity index (χ0v) is 17.8. The molecule has 2 amide bonds. The van der Waals surface area contributed by atoms with E-state index < -0.39 is 0 Å². The maximum Gasteiger partial charge on any atom is 0.227 e. The van der Waals surface area contributed by atoms with Crippen LogP contribution in [0.25, 0.3) is 0 Å². The van der Waals surface area contributed by atoms with Crippen LogP contribution in [0, 0.1) is 5.92 Å². The number of hydrogen-bond donors (Lipinski definition) is 1. The van der Waals surface area contributed by atoms with Crippen LogP contribution in [-0.4, -0.2) is 30.8 Å². The van der Waals surface area contributed by atoms with E-state index in [1.54, 1.807) is 0 Å². The molecular formula is C24H31N3O2. The summed E-state index contributed by atoms with van der Waals surface area (Å²) in [4.78, 5) is 29.0. The molecule has 0 unspecified atom stereocenters. The molecule has 0 radical (unpaired) electrons. The predicted molar refractivity (Wildman–Crippen MR) is 118 cm³/mol. The van der Waals surface area contributed by atoms with Crippen molar-refractivity contribution in [3.05, 3.63) is 59.7 Å². The summed E-state index contributed by atoms with van der Waals surface area (Å²) in [5.74, 6) is 0.356. The highest BCUT2D eigenvalue weighted by Gasteiger charge is 2.30. The third-order valence-electron chi connectivity index (χ3n) is 5.49. The Kier molecular flexibility index (Phi) is 6.57. The molecule has 1 N–H and O–H groups in total. The molecule has 1 saturated carbocycles. The quantitative estimate of drug-likeness (QED) is 0.713. The molecule has 0 spiro atoms. The van der Waals surface area contributed by atoms with Crippen LogP contribution in [0.5, 0.6) is 0 Å².